The third kappa shape index (κ3) is 11.3. The average molecular weight is 631 g/mol. The van der Waals surface area contributed by atoms with Gasteiger partial charge in [0.05, 0.1) is 6.04 Å². The predicted octanol–water partition coefficient (Wildman–Crippen LogP) is 8.82. The highest BCUT2D eigenvalue weighted by Crippen LogP contribution is 2.38. The number of rotatable bonds is 10. The van der Waals surface area contributed by atoms with Crippen LogP contribution in [-0.4, -0.2) is 57.5 Å². The van der Waals surface area contributed by atoms with Crippen LogP contribution in [0.5, 0.6) is 0 Å². The maximum Gasteiger partial charge on any atom is 0.309 e. The van der Waals surface area contributed by atoms with Gasteiger partial charge in [0.25, 0.3) is 8.32 Å². The Hall–Kier alpha value is -0.432. The van der Waals surface area contributed by atoms with Gasteiger partial charge in [0.15, 0.2) is 22.4 Å². The van der Waals surface area contributed by atoms with Gasteiger partial charge in [-0.2, -0.15) is 0 Å². The number of nitrogens with one attached hydrogen (secondary N) is 3. The first-order valence-electron chi connectivity index (χ1n) is 15.4. The zero-order valence-electron chi connectivity index (χ0n) is 30.5. The monoisotopic (exact) mass is 630 g/mol. The van der Waals surface area contributed by atoms with Gasteiger partial charge in [-0.3, -0.25) is 9.79 Å². The van der Waals surface area contributed by atoms with Crippen LogP contribution in [0.2, 0.25) is 72.5 Å². The maximum absolute atomic E-state index is 13.7. The summed E-state index contributed by atoms with van der Waals surface area (Å²) in [6.45, 7) is 46.5. The smallest absolute Gasteiger partial charge is 0.309 e. The second-order valence-corrected chi connectivity index (χ2v) is 37.9. The van der Waals surface area contributed by atoms with Crippen molar-refractivity contribution in [2.45, 2.75) is 174 Å². The number of carbonyl (C=O) groups is 1. The van der Waals surface area contributed by atoms with Crippen LogP contribution in [0.1, 0.15) is 95.9 Å². The van der Waals surface area contributed by atoms with Crippen molar-refractivity contribution in [2.24, 2.45) is 4.99 Å². The highest BCUT2D eigenvalue weighted by molar-refractivity contribution is 6.83. The van der Waals surface area contributed by atoms with E-state index in [-0.39, 0.29) is 32.2 Å². The summed E-state index contributed by atoms with van der Waals surface area (Å²) in [6.07, 6.45) is 1.54. The van der Waals surface area contributed by atoms with E-state index in [2.05, 4.69) is 150 Å². The van der Waals surface area contributed by atoms with Gasteiger partial charge in [0, 0.05) is 6.54 Å². The van der Waals surface area contributed by atoms with E-state index in [1.165, 1.54) is 0 Å². The molecule has 40 heavy (non-hydrogen) atoms. The Balaban J connectivity index is 6.06. The molecule has 10 heteroatoms. The molecule has 238 valence electrons. The first-order valence-corrected chi connectivity index (χ1v) is 27.3. The third-order valence-electron chi connectivity index (χ3n) is 10.4. The van der Waals surface area contributed by atoms with Crippen molar-refractivity contribution in [3.05, 3.63) is 0 Å². The Morgan fingerprint density at radius 2 is 1.02 bits per heavy atom. The molecule has 0 radical (unpaired) electrons. The van der Waals surface area contributed by atoms with Crippen LogP contribution < -0.4 is 14.9 Å². The molecule has 0 fully saturated rings. The van der Waals surface area contributed by atoms with Crippen LogP contribution in [0.4, 0.5) is 0 Å². The Bertz CT molecular complexity index is 842. The van der Waals surface area contributed by atoms with E-state index >= 15 is 0 Å². The van der Waals surface area contributed by atoms with Crippen LogP contribution in [0.25, 0.3) is 0 Å². The van der Waals surface area contributed by atoms with Gasteiger partial charge in [0.2, 0.25) is 0 Å². The molecule has 3 N–H and O–H groups in total. The molecule has 0 saturated heterocycles. The molecule has 0 spiro atoms. The van der Waals surface area contributed by atoms with Gasteiger partial charge in [-0.15, -0.1) is 0 Å². The zero-order valence-corrected chi connectivity index (χ0v) is 34.5. The van der Waals surface area contributed by atoms with E-state index < -0.39 is 33.0 Å². The predicted molar refractivity (Wildman–Crippen MR) is 190 cm³/mol. The topological polar surface area (TPSA) is 74.8 Å². The van der Waals surface area contributed by atoms with E-state index in [1.807, 2.05) is 0 Å². The lowest BCUT2D eigenvalue weighted by Crippen LogP contribution is -2.64. The van der Waals surface area contributed by atoms with E-state index in [0.717, 1.165) is 18.8 Å². The minimum absolute atomic E-state index is 0.0196. The molecule has 0 rings (SSSR count). The Morgan fingerprint density at radius 3 is 1.35 bits per heavy atom. The molecule has 0 saturated carbocycles. The molecular weight excluding hydrogens is 561 g/mol. The first kappa shape index (κ1) is 39.6. The van der Waals surface area contributed by atoms with E-state index in [9.17, 15) is 4.79 Å². The summed E-state index contributed by atoms with van der Waals surface area (Å²) >= 11 is 0. The van der Waals surface area contributed by atoms with Gasteiger partial charge in [-0.05, 0) is 46.1 Å². The molecule has 0 aliphatic rings. The first-order chi connectivity index (χ1) is 17.3. The fraction of sp³-hybridized carbons (Fsp3) is 0.933. The number of hydrogen-bond acceptors (Lipinski definition) is 4. The standard InChI is InChI=1S/C30H70N4O2Si4/c1-27(2,3)37(13,14)32-24(25(35)36-40(19,20)30(10,11)12)22-21-23-31-26(33-38(15,16)28(4,5)6)34-39(17,18)29(7,8)9/h24,32H,21-23H2,1-20H3,(H2,31,33,34). The van der Waals surface area contributed by atoms with Crippen molar-refractivity contribution < 1.29 is 9.22 Å². The van der Waals surface area contributed by atoms with Crippen LogP contribution >= 0.6 is 0 Å². The summed E-state index contributed by atoms with van der Waals surface area (Å²) in [4.78, 5) is 30.4. The number of nitrogens with zero attached hydrogens (tertiary/aromatic N) is 1. The summed E-state index contributed by atoms with van der Waals surface area (Å²) < 4.78 is 6.32. The quantitative estimate of drug-likeness (QED) is 0.0973. The van der Waals surface area contributed by atoms with Crippen LogP contribution in [0, 0.1) is 0 Å². The Morgan fingerprint density at radius 1 is 0.650 bits per heavy atom. The van der Waals surface area contributed by atoms with Crippen LogP contribution in [0.15, 0.2) is 4.99 Å². The summed E-state index contributed by atoms with van der Waals surface area (Å²) in [6, 6.07) is -0.310. The van der Waals surface area contributed by atoms with Crippen molar-refractivity contribution in [2.75, 3.05) is 6.54 Å². The van der Waals surface area contributed by atoms with Gasteiger partial charge in [-0.1, -0.05) is 122 Å². The highest BCUT2D eigenvalue weighted by Gasteiger charge is 2.44. The van der Waals surface area contributed by atoms with Gasteiger partial charge in [-0.25, -0.2) is 0 Å². The summed E-state index contributed by atoms with van der Waals surface area (Å²) in [7, 11) is -7.79. The van der Waals surface area contributed by atoms with Gasteiger partial charge >= 0.3 is 5.97 Å². The molecule has 6 nitrogen and oxygen atoms in total. The van der Waals surface area contributed by atoms with Crippen molar-refractivity contribution >= 4 is 45.0 Å². The van der Waals surface area contributed by atoms with E-state index in [1.54, 1.807) is 0 Å². The number of guanidine groups is 1. The molecular formula is C30H70N4O2Si4. The molecule has 0 aromatic carbocycles. The SMILES string of the molecule is CC(C)(C)[Si](C)(C)NC(=NCCCC(N[Si](C)(C)C(C)(C)C)C(=O)O[Si](C)(C)C(C)(C)C)N[Si](C)(C)C(C)(C)C. The lowest BCUT2D eigenvalue weighted by atomic mass is 10.2. The van der Waals surface area contributed by atoms with E-state index in [4.69, 9.17) is 9.42 Å². The largest absolute Gasteiger partial charge is 0.518 e. The fourth-order valence-electron chi connectivity index (χ4n) is 2.94. The number of aliphatic imine (C=N–C) groups is 1. The molecule has 1 atom stereocenters. The Kier molecular flexibility index (Phi) is 12.9. The second kappa shape index (κ2) is 13.1. The minimum Gasteiger partial charge on any atom is -0.518 e. The normalized spacial score (nSPS) is 15.4. The molecule has 0 aliphatic carbocycles. The zero-order chi connectivity index (χ0) is 32.4. The van der Waals surface area contributed by atoms with Crippen LogP contribution in [0.3, 0.4) is 0 Å². The molecule has 0 aromatic heterocycles. The number of carbonyl (C=O) groups excluding carboxylic acids is 1. The van der Waals surface area contributed by atoms with Crippen molar-refractivity contribution in [1.29, 1.82) is 0 Å². The molecule has 0 amide bonds. The summed E-state index contributed by atoms with van der Waals surface area (Å²) in [5.74, 6) is 0.857. The fourth-order valence-corrected chi connectivity index (χ4v) is 7.80. The Labute approximate surface area is 254 Å². The lowest BCUT2D eigenvalue weighted by molar-refractivity contribution is -0.137. The minimum atomic E-state index is -2.22. The maximum atomic E-state index is 13.7. The van der Waals surface area contributed by atoms with E-state index in [0.29, 0.717) is 6.54 Å². The molecule has 1 unspecified atom stereocenters. The van der Waals surface area contributed by atoms with Crippen molar-refractivity contribution in [3.8, 4) is 0 Å². The van der Waals surface area contributed by atoms with Gasteiger partial charge in [0.1, 0.15) is 8.24 Å². The molecule has 0 heterocycles. The molecule has 0 aromatic rings. The third-order valence-corrected chi connectivity index (χ3v) is 28.8. The van der Waals surface area contributed by atoms with Crippen molar-refractivity contribution in [3.63, 3.8) is 0 Å². The summed E-state index contributed by atoms with van der Waals surface area (Å²) in [5.41, 5.74) is 0. The summed E-state index contributed by atoms with van der Waals surface area (Å²) in [5, 5.41) is 0.478. The average Bonchev–Trinajstić information content (AvgIpc) is 2.65. The lowest BCUT2D eigenvalue weighted by Gasteiger charge is -2.42. The van der Waals surface area contributed by atoms with Crippen molar-refractivity contribution in [1.82, 2.24) is 14.9 Å². The molecule has 0 bridgehead atoms. The molecule has 0 aliphatic heterocycles. The second-order valence-electron chi connectivity index (χ2n) is 18.1. The van der Waals surface area contributed by atoms with Crippen LogP contribution in [-0.2, 0) is 9.22 Å². The number of hydrogen-bond donors (Lipinski definition) is 3. The highest BCUT2D eigenvalue weighted by atomic mass is 28.4. The van der Waals surface area contributed by atoms with Gasteiger partial charge < -0.3 is 19.4 Å².